The Morgan fingerprint density at radius 3 is 1.67 bits per heavy atom. The molecule has 7 aromatic rings. The minimum absolute atomic E-state index is 0.153. The first-order valence-corrected chi connectivity index (χ1v) is 15.3. The molecule has 224 valence electrons. The number of anilines is 3. The van der Waals surface area contributed by atoms with E-state index in [1.165, 1.54) is 44.7 Å². The molecule has 4 nitrogen and oxygen atoms in total. The first-order valence-electron chi connectivity index (χ1n) is 15.3. The summed E-state index contributed by atoms with van der Waals surface area (Å²) in [6.07, 6.45) is 0. The highest BCUT2D eigenvalue weighted by Gasteiger charge is 2.14. The molecule has 0 fully saturated rings. The number of non-ortho nitro benzene ring substituents is 1. The zero-order valence-corrected chi connectivity index (χ0v) is 25.9. The number of aryl methyl sites for hydroxylation is 2. The molecule has 0 unspecified atom stereocenters. The van der Waals surface area contributed by atoms with Gasteiger partial charge in [-0.1, -0.05) is 127 Å². The topological polar surface area (TPSA) is 46.4 Å². The molecule has 0 radical (unpaired) electrons. The minimum Gasteiger partial charge on any atom is -0.310 e. The number of rotatable bonds is 6. The van der Waals surface area contributed by atoms with Crippen molar-refractivity contribution in [2.24, 2.45) is 0 Å². The van der Waals surface area contributed by atoms with E-state index in [1.54, 1.807) is 12.1 Å². The van der Waals surface area contributed by atoms with E-state index in [9.17, 15) is 10.1 Å². The van der Waals surface area contributed by atoms with Crippen LogP contribution >= 0.6 is 0 Å². The van der Waals surface area contributed by atoms with E-state index >= 15 is 0 Å². The normalized spacial score (nSPS) is 10.6. The lowest BCUT2D eigenvalue weighted by atomic mass is 10.0. The van der Waals surface area contributed by atoms with Crippen LogP contribution in [0.3, 0.4) is 0 Å². The number of nitrogens with zero attached hydrogens (tertiary/aromatic N) is 2. The first kappa shape index (κ1) is 30.0. The molecule has 0 aliphatic heterocycles. The van der Waals surface area contributed by atoms with Crippen molar-refractivity contribution in [3.05, 3.63) is 191 Å². The lowest BCUT2D eigenvalue weighted by molar-refractivity contribution is -0.384. The summed E-state index contributed by atoms with van der Waals surface area (Å²) in [4.78, 5) is 12.1. The molecular weight excluding hydrogens is 564 g/mol. The number of benzene rings is 7. The third kappa shape index (κ3) is 7.03. The van der Waals surface area contributed by atoms with Crippen LogP contribution in [0.2, 0.25) is 0 Å². The van der Waals surface area contributed by atoms with E-state index < -0.39 is 4.92 Å². The van der Waals surface area contributed by atoms with Gasteiger partial charge in [0.05, 0.1) is 4.92 Å². The molecule has 0 aromatic heterocycles. The van der Waals surface area contributed by atoms with Gasteiger partial charge in [-0.25, -0.2) is 0 Å². The van der Waals surface area contributed by atoms with Crippen molar-refractivity contribution >= 4 is 33.5 Å². The predicted octanol–water partition coefficient (Wildman–Crippen LogP) is 11.9. The zero-order valence-electron chi connectivity index (χ0n) is 25.9. The molecule has 0 heterocycles. The summed E-state index contributed by atoms with van der Waals surface area (Å²) in [6, 6.07) is 58.7. The van der Waals surface area contributed by atoms with E-state index in [-0.39, 0.29) is 5.69 Å². The Balaban J connectivity index is 0.000000319. The van der Waals surface area contributed by atoms with Gasteiger partial charge in [0.25, 0.3) is 5.69 Å². The quantitative estimate of drug-likeness (QED) is 0.141. The highest BCUT2D eigenvalue weighted by Crippen LogP contribution is 2.38. The molecule has 0 atom stereocenters. The van der Waals surface area contributed by atoms with E-state index in [1.807, 2.05) is 13.0 Å². The Labute approximate surface area is 270 Å². The van der Waals surface area contributed by atoms with Gasteiger partial charge in [0.1, 0.15) is 0 Å². The van der Waals surface area contributed by atoms with E-state index in [0.717, 1.165) is 22.6 Å². The van der Waals surface area contributed by atoms with Gasteiger partial charge in [0.15, 0.2) is 0 Å². The van der Waals surface area contributed by atoms with Crippen LogP contribution in [0.15, 0.2) is 170 Å². The highest BCUT2D eigenvalue weighted by molar-refractivity contribution is 5.90. The third-order valence-corrected chi connectivity index (χ3v) is 7.93. The molecule has 0 saturated heterocycles. The highest BCUT2D eigenvalue weighted by atomic mass is 16.6. The van der Waals surface area contributed by atoms with Gasteiger partial charge in [-0.3, -0.25) is 10.1 Å². The Morgan fingerprint density at radius 2 is 1.00 bits per heavy atom. The van der Waals surface area contributed by atoms with Gasteiger partial charge in [0.2, 0.25) is 0 Å². The Hall–Kier alpha value is -6.00. The molecule has 0 aliphatic carbocycles. The maximum absolute atomic E-state index is 10.2. The number of nitro groups is 1. The van der Waals surface area contributed by atoms with Crippen LogP contribution < -0.4 is 4.90 Å². The first-order chi connectivity index (χ1) is 22.4. The second-order valence-corrected chi connectivity index (χ2v) is 11.3. The van der Waals surface area contributed by atoms with Crippen molar-refractivity contribution in [3.8, 4) is 22.3 Å². The molecule has 7 rings (SSSR count). The van der Waals surface area contributed by atoms with Crippen molar-refractivity contribution < 1.29 is 4.92 Å². The largest absolute Gasteiger partial charge is 0.310 e. The zero-order chi connectivity index (χ0) is 31.9. The second kappa shape index (κ2) is 13.7. The molecule has 46 heavy (non-hydrogen) atoms. The van der Waals surface area contributed by atoms with Gasteiger partial charge >= 0.3 is 0 Å². The van der Waals surface area contributed by atoms with Crippen molar-refractivity contribution in [3.63, 3.8) is 0 Å². The molecule has 7 aromatic carbocycles. The van der Waals surface area contributed by atoms with Gasteiger partial charge in [0, 0.05) is 29.2 Å². The van der Waals surface area contributed by atoms with E-state index in [0.29, 0.717) is 0 Å². The number of hydrogen-bond donors (Lipinski definition) is 0. The summed E-state index contributed by atoms with van der Waals surface area (Å²) in [5.41, 5.74) is 10.6. The molecule has 0 saturated carbocycles. The van der Waals surface area contributed by atoms with Crippen molar-refractivity contribution in [1.82, 2.24) is 0 Å². The fourth-order valence-electron chi connectivity index (χ4n) is 5.51. The van der Waals surface area contributed by atoms with Gasteiger partial charge < -0.3 is 4.90 Å². The average molecular weight is 599 g/mol. The van der Waals surface area contributed by atoms with Crippen LogP contribution in [-0.4, -0.2) is 4.92 Å². The maximum atomic E-state index is 10.2. The minimum atomic E-state index is -0.396. The molecule has 4 heteroatoms. The van der Waals surface area contributed by atoms with Gasteiger partial charge in [-0.15, -0.1) is 0 Å². The fourth-order valence-corrected chi connectivity index (χ4v) is 5.51. The Kier molecular flexibility index (Phi) is 8.98. The smallest absolute Gasteiger partial charge is 0.269 e. The van der Waals surface area contributed by atoms with Crippen LogP contribution in [0.5, 0.6) is 0 Å². The average Bonchev–Trinajstić information content (AvgIpc) is 3.10. The van der Waals surface area contributed by atoms with E-state index in [2.05, 4.69) is 157 Å². The molecule has 0 aliphatic rings. The Morgan fingerprint density at radius 1 is 0.435 bits per heavy atom. The van der Waals surface area contributed by atoms with Crippen LogP contribution in [-0.2, 0) is 0 Å². The number of hydrogen-bond acceptors (Lipinski definition) is 3. The summed E-state index contributed by atoms with van der Waals surface area (Å²) < 4.78 is 0. The van der Waals surface area contributed by atoms with Crippen LogP contribution in [0.4, 0.5) is 22.7 Å². The molecule has 0 spiro atoms. The predicted molar refractivity (Wildman–Crippen MR) is 192 cm³/mol. The monoisotopic (exact) mass is 598 g/mol. The summed E-state index contributed by atoms with van der Waals surface area (Å²) in [7, 11) is 0. The van der Waals surface area contributed by atoms with Gasteiger partial charge in [-0.2, -0.15) is 0 Å². The van der Waals surface area contributed by atoms with Crippen molar-refractivity contribution in [2.75, 3.05) is 4.90 Å². The summed E-state index contributed by atoms with van der Waals surface area (Å²) in [6.45, 7) is 3.95. The molecular formula is C42H34N2O2. The molecule has 0 N–H and O–H groups in total. The lowest BCUT2D eigenvalue weighted by Crippen LogP contribution is -2.10. The van der Waals surface area contributed by atoms with Crippen LogP contribution in [0, 0.1) is 24.0 Å². The van der Waals surface area contributed by atoms with Crippen molar-refractivity contribution in [1.29, 1.82) is 0 Å². The fraction of sp³-hybridized carbons (Fsp3) is 0.0476. The maximum Gasteiger partial charge on any atom is 0.269 e. The second-order valence-electron chi connectivity index (χ2n) is 11.3. The van der Waals surface area contributed by atoms with Crippen LogP contribution in [0.25, 0.3) is 33.0 Å². The molecule has 0 amide bonds. The van der Waals surface area contributed by atoms with E-state index in [4.69, 9.17) is 0 Å². The lowest BCUT2D eigenvalue weighted by Gasteiger charge is -2.26. The van der Waals surface area contributed by atoms with Crippen LogP contribution in [0.1, 0.15) is 11.1 Å². The number of nitro benzene ring substituents is 1. The number of fused-ring (bicyclic) bond motifs is 1. The van der Waals surface area contributed by atoms with Crippen molar-refractivity contribution in [2.45, 2.75) is 13.8 Å². The standard InChI is InChI=1S/C35H27N.C7H7NO2/c1-26-14-16-29(17-15-26)30-18-21-33(22-19-30)36(35-23-20-28-10-5-6-11-31(28)25-35)34-13-7-12-32(24-34)27-8-3-2-4-9-27;1-6-3-2-4-7(5-6)8(9)10/h2-25H,1H3;2-5H,1H3. The SMILES string of the molecule is Cc1ccc(-c2ccc(N(c3cccc(-c4ccccc4)c3)c3ccc4ccccc4c3)cc2)cc1.Cc1cccc([N+](=O)[O-])c1. The van der Waals surface area contributed by atoms with Gasteiger partial charge in [-0.05, 0) is 88.8 Å². The Bertz CT molecular complexity index is 2090. The summed E-state index contributed by atoms with van der Waals surface area (Å²) in [5.74, 6) is 0. The summed E-state index contributed by atoms with van der Waals surface area (Å²) >= 11 is 0. The third-order valence-electron chi connectivity index (χ3n) is 7.93. The summed E-state index contributed by atoms with van der Waals surface area (Å²) in [5, 5.41) is 12.6. The molecule has 0 bridgehead atoms.